The van der Waals surface area contributed by atoms with Crippen molar-refractivity contribution >= 4 is 34.3 Å². The van der Waals surface area contributed by atoms with Gasteiger partial charge in [0.1, 0.15) is 17.5 Å². The van der Waals surface area contributed by atoms with Gasteiger partial charge < -0.3 is 14.5 Å². The zero-order chi connectivity index (χ0) is 18.1. The van der Waals surface area contributed by atoms with Gasteiger partial charge in [-0.2, -0.15) is 0 Å². The Bertz CT molecular complexity index is 1000. The van der Waals surface area contributed by atoms with Crippen LogP contribution in [0, 0.1) is 0 Å². The molecule has 0 saturated heterocycles. The number of amides is 2. The topological polar surface area (TPSA) is 105 Å². The molecule has 3 aromatic rings. The van der Waals surface area contributed by atoms with Gasteiger partial charge in [-0.3, -0.25) is 20.4 Å². The Balaban J connectivity index is 1.38. The number of carbonyl (C=O) groups excluding carboxylic acids is 2. The third-order valence-electron chi connectivity index (χ3n) is 3.82. The van der Waals surface area contributed by atoms with Gasteiger partial charge in [0.15, 0.2) is 11.5 Å². The van der Waals surface area contributed by atoms with Crippen molar-refractivity contribution in [2.24, 2.45) is 0 Å². The average Bonchev–Trinajstić information content (AvgIpc) is 3.08. The van der Waals surface area contributed by atoms with Crippen LogP contribution in [0.15, 0.2) is 42.6 Å². The van der Waals surface area contributed by atoms with Crippen LogP contribution in [-0.4, -0.2) is 34.5 Å². The number of hydrogen-bond donors (Lipinski definition) is 3. The van der Waals surface area contributed by atoms with E-state index in [4.69, 9.17) is 21.1 Å². The number of rotatable bonds is 2. The highest BCUT2D eigenvalue weighted by Crippen LogP contribution is 2.30. The molecule has 1 unspecified atom stereocenters. The van der Waals surface area contributed by atoms with Gasteiger partial charge in [0.25, 0.3) is 11.8 Å². The van der Waals surface area contributed by atoms with Crippen molar-refractivity contribution in [2.45, 2.75) is 6.10 Å². The standard InChI is InChI=1S/C17H13ClN4O4/c18-15-6-9-5-10(20-11(9)7-19-15)16(23)21-22-17(24)14-8-25-12-3-1-2-4-13(12)26-14/h1-7,14,20H,8H2,(H,21,23)(H,22,24). The third-order valence-corrected chi connectivity index (χ3v) is 4.02. The molecule has 26 heavy (non-hydrogen) atoms. The molecular formula is C17H13ClN4O4. The van der Waals surface area contributed by atoms with Crippen molar-refractivity contribution in [1.29, 1.82) is 0 Å². The minimum absolute atomic E-state index is 0.0509. The number of benzene rings is 1. The zero-order valence-corrected chi connectivity index (χ0v) is 14.0. The van der Waals surface area contributed by atoms with Gasteiger partial charge in [-0.05, 0) is 24.3 Å². The molecule has 132 valence electrons. The molecule has 0 bridgehead atoms. The summed E-state index contributed by atoms with van der Waals surface area (Å²) in [5.74, 6) is 0.0210. The molecule has 3 heterocycles. The fourth-order valence-electron chi connectivity index (χ4n) is 2.54. The van der Waals surface area contributed by atoms with Gasteiger partial charge in [0, 0.05) is 5.39 Å². The first-order chi connectivity index (χ1) is 12.6. The van der Waals surface area contributed by atoms with E-state index in [1.807, 2.05) is 6.07 Å². The van der Waals surface area contributed by atoms with E-state index in [0.29, 0.717) is 22.2 Å². The molecule has 9 heteroatoms. The summed E-state index contributed by atoms with van der Waals surface area (Å²) < 4.78 is 11.0. The smallest absolute Gasteiger partial charge is 0.286 e. The summed E-state index contributed by atoms with van der Waals surface area (Å²) in [5.41, 5.74) is 5.59. The summed E-state index contributed by atoms with van der Waals surface area (Å²) in [5, 5.41) is 1.06. The summed E-state index contributed by atoms with van der Waals surface area (Å²) in [4.78, 5) is 31.2. The van der Waals surface area contributed by atoms with E-state index in [1.54, 1.807) is 30.3 Å². The number of fused-ring (bicyclic) bond motifs is 2. The monoisotopic (exact) mass is 372 g/mol. The summed E-state index contributed by atoms with van der Waals surface area (Å²) in [7, 11) is 0. The van der Waals surface area contributed by atoms with Gasteiger partial charge in [0.05, 0.1) is 11.7 Å². The molecule has 1 aromatic carbocycles. The molecule has 4 rings (SSSR count). The van der Waals surface area contributed by atoms with Crippen LogP contribution in [-0.2, 0) is 4.79 Å². The van der Waals surface area contributed by atoms with Crippen LogP contribution in [0.5, 0.6) is 11.5 Å². The molecule has 1 aliphatic heterocycles. The van der Waals surface area contributed by atoms with E-state index in [-0.39, 0.29) is 12.3 Å². The normalized spacial score (nSPS) is 15.5. The first-order valence-corrected chi connectivity index (χ1v) is 8.11. The molecule has 0 spiro atoms. The van der Waals surface area contributed by atoms with Crippen LogP contribution < -0.4 is 20.3 Å². The van der Waals surface area contributed by atoms with Crippen LogP contribution in [0.3, 0.4) is 0 Å². The summed E-state index contributed by atoms with van der Waals surface area (Å²) >= 11 is 5.82. The number of carbonyl (C=O) groups is 2. The Morgan fingerprint density at radius 3 is 2.85 bits per heavy atom. The number of hydrogen-bond acceptors (Lipinski definition) is 5. The maximum Gasteiger partial charge on any atom is 0.286 e. The number of nitrogens with one attached hydrogen (secondary N) is 3. The number of para-hydroxylation sites is 2. The predicted molar refractivity (Wildman–Crippen MR) is 93.1 cm³/mol. The number of aromatic amines is 1. The lowest BCUT2D eigenvalue weighted by Crippen LogP contribution is -2.50. The van der Waals surface area contributed by atoms with Crippen molar-refractivity contribution < 1.29 is 19.1 Å². The molecule has 0 radical (unpaired) electrons. The Morgan fingerprint density at radius 2 is 2.00 bits per heavy atom. The lowest BCUT2D eigenvalue weighted by Gasteiger charge is -2.25. The highest BCUT2D eigenvalue weighted by molar-refractivity contribution is 6.30. The zero-order valence-electron chi connectivity index (χ0n) is 13.3. The molecule has 2 aromatic heterocycles. The van der Waals surface area contributed by atoms with Crippen molar-refractivity contribution in [2.75, 3.05) is 6.61 Å². The molecule has 2 amide bonds. The molecule has 1 atom stereocenters. The molecular weight excluding hydrogens is 360 g/mol. The number of H-pyrrole nitrogens is 1. The average molecular weight is 373 g/mol. The van der Waals surface area contributed by atoms with E-state index in [0.717, 1.165) is 5.39 Å². The van der Waals surface area contributed by atoms with E-state index in [1.165, 1.54) is 6.20 Å². The first-order valence-electron chi connectivity index (χ1n) is 7.73. The molecule has 0 aliphatic carbocycles. The van der Waals surface area contributed by atoms with Crippen molar-refractivity contribution in [3.8, 4) is 11.5 Å². The second-order valence-electron chi connectivity index (χ2n) is 5.58. The number of aromatic nitrogens is 2. The number of halogens is 1. The number of ether oxygens (including phenoxy) is 2. The minimum Gasteiger partial charge on any atom is -0.485 e. The van der Waals surface area contributed by atoms with E-state index >= 15 is 0 Å². The number of hydrazine groups is 1. The largest absolute Gasteiger partial charge is 0.485 e. The third kappa shape index (κ3) is 3.14. The molecule has 1 aliphatic rings. The lowest BCUT2D eigenvalue weighted by molar-refractivity contribution is -0.131. The Hall–Kier alpha value is -3.26. The maximum absolute atomic E-state index is 12.2. The predicted octanol–water partition coefficient (Wildman–Crippen LogP) is 1.82. The SMILES string of the molecule is O=C(NNC(=O)C1COc2ccccc2O1)c1cc2cc(Cl)ncc2[nH]1. The summed E-state index contributed by atoms with van der Waals surface area (Å²) in [6.45, 7) is 0.0509. The van der Waals surface area contributed by atoms with Gasteiger partial charge in [-0.15, -0.1) is 0 Å². The van der Waals surface area contributed by atoms with E-state index in [9.17, 15) is 9.59 Å². The van der Waals surface area contributed by atoms with Crippen LogP contribution in [0.2, 0.25) is 5.15 Å². The highest BCUT2D eigenvalue weighted by atomic mass is 35.5. The fraction of sp³-hybridized carbons (Fsp3) is 0.118. The quantitative estimate of drug-likeness (QED) is 0.470. The Labute approximate surface area is 152 Å². The Morgan fingerprint density at radius 1 is 1.19 bits per heavy atom. The molecule has 0 saturated carbocycles. The molecule has 3 N–H and O–H groups in total. The maximum atomic E-state index is 12.2. The van der Waals surface area contributed by atoms with Crippen molar-refractivity contribution in [3.63, 3.8) is 0 Å². The van der Waals surface area contributed by atoms with E-state index in [2.05, 4.69) is 20.8 Å². The second kappa shape index (κ2) is 6.57. The number of nitrogens with zero attached hydrogens (tertiary/aromatic N) is 1. The van der Waals surface area contributed by atoms with Crippen LogP contribution in [0.25, 0.3) is 10.9 Å². The molecule has 0 fully saturated rings. The fourth-order valence-corrected chi connectivity index (χ4v) is 2.71. The minimum atomic E-state index is -0.865. The van der Waals surface area contributed by atoms with Gasteiger partial charge in [-0.25, -0.2) is 4.98 Å². The summed E-state index contributed by atoms with van der Waals surface area (Å²) in [6, 6.07) is 10.3. The van der Waals surface area contributed by atoms with Crippen molar-refractivity contribution in [3.05, 3.63) is 53.4 Å². The molecule has 8 nitrogen and oxygen atoms in total. The first kappa shape index (κ1) is 16.2. The van der Waals surface area contributed by atoms with Gasteiger partial charge >= 0.3 is 0 Å². The lowest BCUT2D eigenvalue weighted by atomic mass is 10.2. The Kier molecular flexibility index (Phi) is 4.10. The number of pyridine rings is 1. The van der Waals surface area contributed by atoms with Gasteiger partial charge in [0.2, 0.25) is 6.10 Å². The van der Waals surface area contributed by atoms with Crippen LogP contribution in [0.1, 0.15) is 10.5 Å². The highest BCUT2D eigenvalue weighted by Gasteiger charge is 2.27. The van der Waals surface area contributed by atoms with Gasteiger partial charge in [-0.1, -0.05) is 23.7 Å². The van der Waals surface area contributed by atoms with Crippen LogP contribution in [0.4, 0.5) is 0 Å². The summed E-state index contributed by atoms with van der Waals surface area (Å²) in [6.07, 6.45) is 0.661. The second-order valence-corrected chi connectivity index (χ2v) is 5.97. The van der Waals surface area contributed by atoms with Crippen molar-refractivity contribution in [1.82, 2.24) is 20.8 Å². The van der Waals surface area contributed by atoms with E-state index < -0.39 is 17.9 Å². The van der Waals surface area contributed by atoms with Crippen LogP contribution >= 0.6 is 11.6 Å².